The van der Waals surface area contributed by atoms with Gasteiger partial charge in [0.1, 0.15) is 0 Å². The topological polar surface area (TPSA) is 34.9 Å². The fourth-order valence-electron chi connectivity index (χ4n) is 1.64. The molecule has 1 heterocycles. The number of rotatable bonds is 3. The van der Waals surface area contributed by atoms with Crippen molar-refractivity contribution in [1.29, 1.82) is 0 Å². The highest BCUT2D eigenvalue weighted by atomic mass is 35.5. The molecular formula is C14H13ClN2O. The van der Waals surface area contributed by atoms with Gasteiger partial charge in [0.05, 0.1) is 5.02 Å². The third-order valence-corrected chi connectivity index (χ3v) is 2.90. The van der Waals surface area contributed by atoms with Crippen LogP contribution in [0.4, 0.5) is 0 Å². The van der Waals surface area contributed by atoms with Crippen molar-refractivity contribution in [3.05, 3.63) is 58.4 Å². The van der Waals surface area contributed by atoms with Crippen LogP contribution in [0.2, 0.25) is 5.02 Å². The van der Waals surface area contributed by atoms with Crippen molar-refractivity contribution >= 4 is 23.5 Å². The Kier molecular flexibility index (Phi) is 3.63. The highest BCUT2D eigenvalue weighted by Crippen LogP contribution is 2.15. The molecule has 0 fully saturated rings. The minimum Gasteiger partial charge on any atom is -0.287 e. The Morgan fingerprint density at radius 2 is 2.11 bits per heavy atom. The number of carbonyl (C=O) groups excluding carboxylic acids is 1. The van der Waals surface area contributed by atoms with Crippen LogP contribution in [0.5, 0.6) is 0 Å². The lowest BCUT2D eigenvalue weighted by molar-refractivity contribution is 0.104. The number of aryl methyl sites for hydroxylation is 2. The largest absolute Gasteiger partial charge is 0.287 e. The van der Waals surface area contributed by atoms with E-state index in [1.54, 1.807) is 19.3 Å². The van der Waals surface area contributed by atoms with E-state index in [2.05, 4.69) is 5.10 Å². The summed E-state index contributed by atoms with van der Waals surface area (Å²) in [5.74, 6) is -0.191. The van der Waals surface area contributed by atoms with Crippen molar-refractivity contribution in [2.75, 3.05) is 0 Å². The molecule has 0 N–H and O–H groups in total. The number of nitrogens with zero attached hydrogens (tertiary/aromatic N) is 2. The lowest BCUT2D eigenvalue weighted by Crippen LogP contribution is -1.98. The molecule has 0 aliphatic rings. The second kappa shape index (κ2) is 5.19. The van der Waals surface area contributed by atoms with E-state index in [1.165, 1.54) is 10.8 Å². The Morgan fingerprint density at radius 1 is 1.39 bits per heavy atom. The molecule has 0 radical (unpaired) electrons. The number of hydrogen-bond donors (Lipinski definition) is 0. The molecular weight excluding hydrogens is 248 g/mol. The summed E-state index contributed by atoms with van der Waals surface area (Å²) in [5.41, 5.74) is 2.41. The molecule has 0 atom stereocenters. The molecule has 0 amide bonds. The monoisotopic (exact) mass is 260 g/mol. The first kappa shape index (κ1) is 12.6. The van der Waals surface area contributed by atoms with Crippen molar-refractivity contribution in [2.24, 2.45) is 7.05 Å². The fraction of sp³-hybridized carbons (Fsp3) is 0.143. The molecule has 3 nitrogen and oxygen atoms in total. The van der Waals surface area contributed by atoms with Crippen LogP contribution in [0.1, 0.15) is 21.6 Å². The molecule has 1 aromatic heterocycles. The van der Waals surface area contributed by atoms with Crippen LogP contribution in [-0.2, 0) is 7.05 Å². The minimum atomic E-state index is -0.191. The second-order valence-electron chi connectivity index (χ2n) is 4.05. The molecule has 2 aromatic rings. The number of ketones is 1. The zero-order valence-corrected chi connectivity index (χ0v) is 11.0. The first-order valence-corrected chi connectivity index (χ1v) is 5.93. The number of carbonyl (C=O) groups is 1. The van der Waals surface area contributed by atoms with Gasteiger partial charge in [-0.05, 0) is 24.1 Å². The van der Waals surface area contributed by atoms with Gasteiger partial charge in [-0.25, -0.2) is 0 Å². The summed E-state index contributed by atoms with van der Waals surface area (Å²) in [5, 5.41) is 4.40. The molecule has 92 valence electrons. The number of halogens is 1. The molecule has 0 unspecified atom stereocenters. The van der Waals surface area contributed by atoms with Crippen LogP contribution < -0.4 is 0 Å². The normalized spacial score (nSPS) is 11.1. The molecule has 1 aromatic carbocycles. The van der Waals surface area contributed by atoms with Crippen LogP contribution in [0.25, 0.3) is 6.08 Å². The number of benzene rings is 1. The average Bonchev–Trinajstić information content (AvgIpc) is 2.67. The van der Waals surface area contributed by atoms with Crippen LogP contribution in [0.3, 0.4) is 0 Å². The van der Waals surface area contributed by atoms with E-state index in [0.717, 1.165) is 11.1 Å². The van der Waals surface area contributed by atoms with Crippen LogP contribution in [-0.4, -0.2) is 15.6 Å². The summed E-state index contributed by atoms with van der Waals surface area (Å²) < 4.78 is 1.52. The summed E-state index contributed by atoms with van der Waals surface area (Å²) in [6.07, 6.45) is 4.88. The van der Waals surface area contributed by atoms with Gasteiger partial charge in [-0.1, -0.05) is 41.9 Å². The first-order chi connectivity index (χ1) is 8.58. The standard InChI is InChI=1S/C14H13ClN2O/c1-10-5-3-4-6-11(10)7-8-13(18)14-12(15)9-17(2)16-14/h3-9H,1-2H3/b8-7+. The Hall–Kier alpha value is -1.87. The Balaban J connectivity index is 2.22. The highest BCUT2D eigenvalue weighted by Gasteiger charge is 2.11. The quantitative estimate of drug-likeness (QED) is 0.627. The van der Waals surface area contributed by atoms with Gasteiger partial charge in [0.15, 0.2) is 5.69 Å². The molecule has 0 saturated heterocycles. The van der Waals surface area contributed by atoms with Gasteiger partial charge in [-0.2, -0.15) is 5.10 Å². The molecule has 0 aliphatic heterocycles. The summed E-state index contributed by atoms with van der Waals surface area (Å²) >= 11 is 5.91. The van der Waals surface area contributed by atoms with Gasteiger partial charge in [0.2, 0.25) is 5.78 Å². The van der Waals surface area contributed by atoms with E-state index in [4.69, 9.17) is 11.6 Å². The predicted molar refractivity (Wildman–Crippen MR) is 72.8 cm³/mol. The van der Waals surface area contributed by atoms with Crippen molar-refractivity contribution in [3.63, 3.8) is 0 Å². The first-order valence-electron chi connectivity index (χ1n) is 5.55. The van der Waals surface area contributed by atoms with Gasteiger partial charge in [-0.15, -0.1) is 0 Å². The molecule has 0 bridgehead atoms. The van der Waals surface area contributed by atoms with E-state index in [1.807, 2.05) is 31.2 Å². The number of aromatic nitrogens is 2. The molecule has 18 heavy (non-hydrogen) atoms. The van der Waals surface area contributed by atoms with Crippen molar-refractivity contribution in [1.82, 2.24) is 9.78 Å². The highest BCUT2D eigenvalue weighted by molar-refractivity contribution is 6.34. The smallest absolute Gasteiger partial charge is 0.207 e. The van der Waals surface area contributed by atoms with E-state index in [0.29, 0.717) is 5.02 Å². The molecule has 0 saturated carbocycles. The van der Waals surface area contributed by atoms with Gasteiger partial charge in [-0.3, -0.25) is 9.48 Å². The van der Waals surface area contributed by atoms with Crippen molar-refractivity contribution < 1.29 is 4.79 Å². The maximum Gasteiger partial charge on any atom is 0.207 e. The van der Waals surface area contributed by atoms with Gasteiger partial charge < -0.3 is 0 Å². The van der Waals surface area contributed by atoms with E-state index >= 15 is 0 Å². The molecule has 0 aliphatic carbocycles. The summed E-state index contributed by atoms with van der Waals surface area (Å²) in [6.45, 7) is 2.00. The minimum absolute atomic E-state index is 0.191. The van der Waals surface area contributed by atoms with Crippen molar-refractivity contribution in [2.45, 2.75) is 6.92 Å². The Bertz CT molecular complexity index is 614. The third kappa shape index (κ3) is 2.68. The summed E-state index contributed by atoms with van der Waals surface area (Å²) in [6, 6.07) is 7.85. The second-order valence-corrected chi connectivity index (χ2v) is 4.46. The average molecular weight is 261 g/mol. The van der Waals surface area contributed by atoms with Gasteiger partial charge in [0.25, 0.3) is 0 Å². The lowest BCUT2D eigenvalue weighted by Gasteiger charge is -1.97. The Labute approximate surface area is 111 Å². The van der Waals surface area contributed by atoms with Crippen molar-refractivity contribution in [3.8, 4) is 0 Å². The fourth-order valence-corrected chi connectivity index (χ4v) is 1.92. The maximum absolute atomic E-state index is 11.9. The summed E-state index contributed by atoms with van der Waals surface area (Å²) in [4.78, 5) is 11.9. The van der Waals surface area contributed by atoms with Crippen LogP contribution in [0.15, 0.2) is 36.5 Å². The van der Waals surface area contributed by atoms with E-state index < -0.39 is 0 Å². The van der Waals surface area contributed by atoms with Gasteiger partial charge >= 0.3 is 0 Å². The predicted octanol–water partition coefficient (Wildman–Crippen LogP) is 3.28. The zero-order chi connectivity index (χ0) is 13.1. The molecule has 2 rings (SSSR count). The van der Waals surface area contributed by atoms with E-state index in [-0.39, 0.29) is 11.5 Å². The van der Waals surface area contributed by atoms with E-state index in [9.17, 15) is 4.79 Å². The zero-order valence-electron chi connectivity index (χ0n) is 10.2. The Morgan fingerprint density at radius 3 is 2.72 bits per heavy atom. The number of allylic oxidation sites excluding steroid dienone is 1. The lowest BCUT2D eigenvalue weighted by atomic mass is 10.1. The van der Waals surface area contributed by atoms with Crippen LogP contribution >= 0.6 is 11.6 Å². The van der Waals surface area contributed by atoms with Gasteiger partial charge in [0, 0.05) is 13.2 Å². The maximum atomic E-state index is 11.9. The SMILES string of the molecule is Cc1ccccc1/C=C/C(=O)c1nn(C)cc1Cl. The molecule has 0 spiro atoms. The van der Waals surface area contributed by atoms with Crippen LogP contribution in [0, 0.1) is 6.92 Å². The summed E-state index contributed by atoms with van der Waals surface area (Å²) in [7, 11) is 1.73. The number of hydrogen-bond acceptors (Lipinski definition) is 2. The third-order valence-electron chi connectivity index (χ3n) is 2.62. The molecule has 4 heteroatoms.